The summed E-state index contributed by atoms with van der Waals surface area (Å²) in [5.41, 5.74) is 5.62. The van der Waals surface area contributed by atoms with Gasteiger partial charge in [-0.25, -0.2) is 0 Å². The number of pyridine rings is 1. The standard InChI is InChI=1S/C27H31N5O2S/c1-17(12-20-6-4-11-35-20)29-22-7-8-28-26(33)25(22)24-14-18-13-21-19(15-23(18)30-24)16-32(27(21)34)10-5-9-31(2)3/h4,6-8,11,13,15,17H,5,9-10,12,14,16H2,1-3H3,(H2,28,29,33)/t17-/m0/s1. The molecule has 35 heavy (non-hydrogen) atoms. The molecular weight excluding hydrogens is 458 g/mol. The number of fused-ring (bicyclic) bond motifs is 2. The number of hydrogen-bond acceptors (Lipinski definition) is 6. The van der Waals surface area contributed by atoms with Gasteiger partial charge in [-0.2, -0.15) is 0 Å². The van der Waals surface area contributed by atoms with E-state index in [4.69, 9.17) is 4.99 Å². The Morgan fingerprint density at radius 2 is 2.09 bits per heavy atom. The zero-order chi connectivity index (χ0) is 24.5. The minimum absolute atomic E-state index is 0.0947. The van der Waals surface area contributed by atoms with Crippen LogP contribution in [-0.4, -0.2) is 59.6 Å². The van der Waals surface area contributed by atoms with Crippen molar-refractivity contribution in [1.29, 1.82) is 0 Å². The van der Waals surface area contributed by atoms with E-state index in [2.05, 4.69) is 39.6 Å². The quantitative estimate of drug-likeness (QED) is 0.475. The Morgan fingerprint density at radius 3 is 2.86 bits per heavy atom. The van der Waals surface area contributed by atoms with Crippen molar-refractivity contribution in [3.8, 4) is 0 Å². The molecule has 4 heterocycles. The number of amides is 1. The molecule has 0 saturated carbocycles. The van der Waals surface area contributed by atoms with E-state index in [-0.39, 0.29) is 17.5 Å². The van der Waals surface area contributed by atoms with Crippen LogP contribution in [0.1, 0.15) is 45.3 Å². The van der Waals surface area contributed by atoms with Crippen LogP contribution >= 0.6 is 11.3 Å². The predicted molar refractivity (Wildman–Crippen MR) is 142 cm³/mol. The van der Waals surface area contributed by atoms with Crippen molar-refractivity contribution in [2.24, 2.45) is 4.99 Å². The van der Waals surface area contributed by atoms with Crippen LogP contribution < -0.4 is 10.9 Å². The van der Waals surface area contributed by atoms with E-state index in [0.29, 0.717) is 18.5 Å². The largest absolute Gasteiger partial charge is 0.381 e. The topological polar surface area (TPSA) is 80.8 Å². The molecule has 2 aliphatic heterocycles. The van der Waals surface area contributed by atoms with Crippen molar-refractivity contribution in [3.63, 3.8) is 0 Å². The smallest absolute Gasteiger partial charge is 0.259 e. The highest BCUT2D eigenvalue weighted by Crippen LogP contribution is 2.36. The molecule has 3 aromatic rings. The van der Waals surface area contributed by atoms with E-state index in [9.17, 15) is 9.59 Å². The third-order valence-corrected chi connectivity index (χ3v) is 7.47. The molecule has 0 bridgehead atoms. The van der Waals surface area contributed by atoms with Crippen molar-refractivity contribution >= 4 is 34.3 Å². The normalized spacial score (nSPS) is 15.4. The van der Waals surface area contributed by atoms with E-state index in [0.717, 1.165) is 59.7 Å². The van der Waals surface area contributed by atoms with Gasteiger partial charge in [0.25, 0.3) is 11.5 Å². The number of rotatable bonds is 9. The Balaban J connectivity index is 1.35. The monoisotopic (exact) mass is 489 g/mol. The Morgan fingerprint density at radius 1 is 1.23 bits per heavy atom. The molecule has 0 unspecified atom stereocenters. The Labute approximate surface area is 209 Å². The summed E-state index contributed by atoms with van der Waals surface area (Å²) in [5, 5.41) is 5.60. The molecule has 5 rings (SSSR count). The maximum atomic E-state index is 13.0. The van der Waals surface area contributed by atoms with Crippen molar-refractivity contribution in [3.05, 3.63) is 79.4 Å². The van der Waals surface area contributed by atoms with Crippen LogP contribution in [0, 0.1) is 0 Å². The van der Waals surface area contributed by atoms with Crippen LogP contribution in [0.15, 0.2) is 51.7 Å². The van der Waals surface area contributed by atoms with E-state index in [1.165, 1.54) is 4.88 Å². The van der Waals surface area contributed by atoms with Gasteiger partial charge in [0, 0.05) is 48.6 Å². The number of aromatic nitrogens is 1. The second-order valence-corrected chi connectivity index (χ2v) is 10.7. The van der Waals surface area contributed by atoms with Gasteiger partial charge in [-0.3, -0.25) is 14.6 Å². The molecule has 2 aromatic heterocycles. The molecule has 7 nitrogen and oxygen atoms in total. The summed E-state index contributed by atoms with van der Waals surface area (Å²) < 4.78 is 0. The first-order chi connectivity index (χ1) is 16.9. The number of nitrogens with one attached hydrogen (secondary N) is 2. The highest BCUT2D eigenvalue weighted by molar-refractivity contribution is 7.09. The first kappa shape index (κ1) is 23.5. The summed E-state index contributed by atoms with van der Waals surface area (Å²) in [6.07, 6.45) is 4.05. The van der Waals surface area contributed by atoms with Gasteiger partial charge < -0.3 is 20.1 Å². The van der Waals surface area contributed by atoms with Gasteiger partial charge in [-0.05, 0) is 74.8 Å². The number of H-pyrrole nitrogens is 1. The maximum absolute atomic E-state index is 13.0. The Hall–Kier alpha value is -3.23. The minimum Gasteiger partial charge on any atom is -0.381 e. The molecule has 2 N–H and O–H groups in total. The second kappa shape index (κ2) is 9.79. The molecule has 182 valence electrons. The third kappa shape index (κ3) is 4.94. The van der Waals surface area contributed by atoms with Gasteiger partial charge in [-0.15, -0.1) is 11.3 Å². The van der Waals surface area contributed by atoms with Crippen molar-refractivity contribution < 1.29 is 4.79 Å². The lowest BCUT2D eigenvalue weighted by atomic mass is 10.00. The molecule has 1 atom stereocenters. The van der Waals surface area contributed by atoms with Gasteiger partial charge in [0.15, 0.2) is 0 Å². The number of nitrogens with zero attached hydrogens (tertiary/aromatic N) is 3. The SMILES string of the molecule is C[C@@H](Cc1cccs1)Nc1cc[nH]c(=O)c1C1=Nc2cc3c(cc2C1)C(=O)N(CCCN(C)C)C3. The summed E-state index contributed by atoms with van der Waals surface area (Å²) >= 11 is 1.74. The molecular formula is C27H31N5O2S. The highest BCUT2D eigenvalue weighted by atomic mass is 32.1. The summed E-state index contributed by atoms with van der Waals surface area (Å²) in [6.45, 7) is 4.45. The lowest BCUT2D eigenvalue weighted by Crippen LogP contribution is -2.27. The van der Waals surface area contributed by atoms with Crippen LogP contribution in [0.5, 0.6) is 0 Å². The zero-order valence-corrected chi connectivity index (χ0v) is 21.2. The number of carbonyl (C=O) groups excluding carboxylic acids is 1. The van der Waals surface area contributed by atoms with Gasteiger partial charge in [-0.1, -0.05) is 6.07 Å². The lowest BCUT2D eigenvalue weighted by molar-refractivity contribution is 0.0773. The fraction of sp³-hybridized carbons (Fsp3) is 0.370. The van der Waals surface area contributed by atoms with Crippen molar-refractivity contribution in [1.82, 2.24) is 14.8 Å². The molecule has 0 radical (unpaired) electrons. The van der Waals surface area contributed by atoms with Crippen LogP contribution in [0.2, 0.25) is 0 Å². The van der Waals surface area contributed by atoms with Crippen molar-refractivity contribution in [2.75, 3.05) is 32.5 Å². The van der Waals surface area contributed by atoms with Crippen LogP contribution in [0.25, 0.3) is 0 Å². The van der Waals surface area contributed by atoms with E-state index >= 15 is 0 Å². The van der Waals surface area contributed by atoms with Crippen LogP contribution in [0.3, 0.4) is 0 Å². The van der Waals surface area contributed by atoms with Crippen LogP contribution in [0.4, 0.5) is 11.4 Å². The Kier molecular flexibility index (Phi) is 6.58. The molecule has 2 aliphatic rings. The number of carbonyl (C=O) groups is 1. The zero-order valence-electron chi connectivity index (χ0n) is 20.4. The van der Waals surface area contributed by atoms with Gasteiger partial charge in [0.2, 0.25) is 0 Å². The molecule has 1 amide bonds. The molecule has 0 spiro atoms. The average molecular weight is 490 g/mol. The Bertz CT molecular complexity index is 1330. The summed E-state index contributed by atoms with van der Waals surface area (Å²) in [7, 11) is 4.09. The minimum atomic E-state index is -0.152. The molecule has 0 fully saturated rings. The van der Waals surface area contributed by atoms with E-state index < -0.39 is 0 Å². The first-order valence-electron chi connectivity index (χ1n) is 12.1. The molecule has 1 aromatic carbocycles. The van der Waals surface area contributed by atoms with Gasteiger partial charge in [0.05, 0.1) is 22.6 Å². The van der Waals surface area contributed by atoms with E-state index in [1.54, 1.807) is 17.5 Å². The molecule has 8 heteroatoms. The van der Waals surface area contributed by atoms with Crippen LogP contribution in [-0.2, 0) is 19.4 Å². The number of aromatic amines is 1. The lowest BCUT2D eigenvalue weighted by Gasteiger charge is -2.17. The number of anilines is 1. The molecule has 0 saturated heterocycles. The maximum Gasteiger partial charge on any atom is 0.259 e. The summed E-state index contributed by atoms with van der Waals surface area (Å²) in [4.78, 5) is 38.9. The predicted octanol–water partition coefficient (Wildman–Crippen LogP) is 4.06. The fourth-order valence-corrected chi connectivity index (χ4v) is 5.74. The van der Waals surface area contributed by atoms with Gasteiger partial charge >= 0.3 is 0 Å². The number of thiophene rings is 1. The number of benzene rings is 1. The number of hydrogen-bond donors (Lipinski definition) is 2. The van der Waals surface area contributed by atoms with E-state index in [1.807, 2.05) is 37.2 Å². The fourth-order valence-electron chi connectivity index (χ4n) is 4.90. The van der Waals surface area contributed by atoms with Crippen molar-refractivity contribution in [2.45, 2.75) is 38.8 Å². The molecule has 0 aliphatic carbocycles. The second-order valence-electron chi connectivity index (χ2n) is 9.68. The highest BCUT2D eigenvalue weighted by Gasteiger charge is 2.31. The summed E-state index contributed by atoms with van der Waals surface area (Å²) in [5.74, 6) is 0.0947. The number of aliphatic imine (C=N–C) groups is 1. The van der Waals surface area contributed by atoms with Gasteiger partial charge in [0.1, 0.15) is 0 Å². The third-order valence-electron chi connectivity index (χ3n) is 6.57. The summed E-state index contributed by atoms with van der Waals surface area (Å²) in [6, 6.07) is 10.3. The first-order valence-corrected chi connectivity index (χ1v) is 13.0. The average Bonchev–Trinajstić information content (AvgIpc) is 3.52.